The highest BCUT2D eigenvalue weighted by atomic mass is 19.1. The highest BCUT2D eigenvalue weighted by Crippen LogP contribution is 2.09. The van der Waals surface area contributed by atoms with E-state index in [1.54, 1.807) is 13.0 Å². The van der Waals surface area contributed by atoms with E-state index in [0.717, 1.165) is 12.0 Å². The van der Waals surface area contributed by atoms with Crippen molar-refractivity contribution in [1.29, 1.82) is 0 Å². The molecule has 94 valence electrons. The van der Waals surface area contributed by atoms with Crippen LogP contribution in [-0.4, -0.2) is 5.91 Å². The number of carbonyl (C=O) groups is 1. The number of rotatable bonds is 5. The second-order valence-electron chi connectivity index (χ2n) is 4.79. The number of halogens is 1. The average Bonchev–Trinajstić information content (AvgIpc) is 2.28. The van der Waals surface area contributed by atoms with Gasteiger partial charge in [-0.25, -0.2) is 4.39 Å². The molecule has 0 fully saturated rings. The van der Waals surface area contributed by atoms with Gasteiger partial charge in [-0.2, -0.15) is 0 Å². The summed E-state index contributed by atoms with van der Waals surface area (Å²) in [6.45, 7) is 6.29. The van der Waals surface area contributed by atoms with E-state index in [-0.39, 0.29) is 11.7 Å². The molecule has 0 heterocycles. The summed E-state index contributed by atoms with van der Waals surface area (Å²) < 4.78 is 13.2. The van der Waals surface area contributed by atoms with Crippen LogP contribution in [-0.2, 0) is 11.3 Å². The van der Waals surface area contributed by atoms with Gasteiger partial charge in [0.1, 0.15) is 5.82 Å². The average molecular weight is 237 g/mol. The van der Waals surface area contributed by atoms with E-state index in [4.69, 9.17) is 0 Å². The summed E-state index contributed by atoms with van der Waals surface area (Å²) in [4.78, 5) is 11.5. The van der Waals surface area contributed by atoms with Crippen molar-refractivity contribution in [3.8, 4) is 0 Å². The molecule has 0 atom stereocenters. The van der Waals surface area contributed by atoms with Crippen LogP contribution < -0.4 is 5.32 Å². The van der Waals surface area contributed by atoms with Crippen molar-refractivity contribution in [1.82, 2.24) is 5.32 Å². The molecule has 2 nitrogen and oxygen atoms in total. The number of aryl methyl sites for hydroxylation is 1. The first-order valence-corrected chi connectivity index (χ1v) is 6.00. The molecule has 1 amide bonds. The van der Waals surface area contributed by atoms with E-state index in [0.29, 0.717) is 24.4 Å². The first kappa shape index (κ1) is 13.7. The fraction of sp³-hybridized carbons (Fsp3) is 0.500. The quantitative estimate of drug-likeness (QED) is 0.837. The van der Waals surface area contributed by atoms with Gasteiger partial charge < -0.3 is 5.32 Å². The summed E-state index contributed by atoms with van der Waals surface area (Å²) in [5, 5.41) is 2.80. The van der Waals surface area contributed by atoms with E-state index < -0.39 is 0 Å². The van der Waals surface area contributed by atoms with E-state index in [2.05, 4.69) is 19.2 Å². The van der Waals surface area contributed by atoms with Crippen LogP contribution in [0, 0.1) is 18.7 Å². The molecular formula is C14H20FNO. The zero-order valence-electron chi connectivity index (χ0n) is 10.7. The summed E-state index contributed by atoms with van der Waals surface area (Å²) in [6.07, 6.45) is 1.42. The van der Waals surface area contributed by atoms with Gasteiger partial charge in [0.2, 0.25) is 5.91 Å². The Morgan fingerprint density at radius 2 is 2.12 bits per heavy atom. The van der Waals surface area contributed by atoms with E-state index in [1.165, 1.54) is 6.07 Å². The first-order chi connectivity index (χ1) is 7.99. The van der Waals surface area contributed by atoms with Crippen LogP contribution in [0.4, 0.5) is 4.39 Å². The third-order valence-electron chi connectivity index (χ3n) is 2.67. The number of carbonyl (C=O) groups excluding carboxylic acids is 1. The maximum Gasteiger partial charge on any atom is 0.220 e. The molecule has 0 bridgehead atoms. The van der Waals surface area contributed by atoms with Gasteiger partial charge in [-0.1, -0.05) is 26.0 Å². The minimum absolute atomic E-state index is 0.0275. The Kier molecular flexibility index (Phi) is 5.13. The van der Waals surface area contributed by atoms with Gasteiger partial charge in [-0.15, -0.1) is 0 Å². The Morgan fingerprint density at radius 3 is 2.71 bits per heavy atom. The molecule has 17 heavy (non-hydrogen) atoms. The number of benzene rings is 1. The maximum atomic E-state index is 13.2. The van der Waals surface area contributed by atoms with Gasteiger partial charge in [0.05, 0.1) is 0 Å². The predicted octanol–water partition coefficient (Wildman–Crippen LogP) is 3.19. The molecule has 1 aromatic carbocycles. The van der Waals surface area contributed by atoms with Crippen LogP contribution in [0.5, 0.6) is 0 Å². The second-order valence-corrected chi connectivity index (χ2v) is 4.79. The van der Waals surface area contributed by atoms with Crippen molar-refractivity contribution in [2.75, 3.05) is 0 Å². The fourth-order valence-corrected chi connectivity index (χ4v) is 1.46. The molecule has 0 aliphatic carbocycles. The number of nitrogens with one attached hydrogen (secondary N) is 1. The van der Waals surface area contributed by atoms with Gasteiger partial charge in [-0.05, 0) is 36.5 Å². The molecule has 0 aliphatic rings. The molecule has 0 radical (unpaired) electrons. The predicted molar refractivity (Wildman–Crippen MR) is 67.1 cm³/mol. The molecule has 0 saturated heterocycles. The molecule has 0 aliphatic heterocycles. The Balaban J connectivity index is 2.39. The van der Waals surface area contributed by atoms with Crippen LogP contribution in [0.15, 0.2) is 18.2 Å². The van der Waals surface area contributed by atoms with Gasteiger partial charge in [0.15, 0.2) is 0 Å². The summed E-state index contributed by atoms with van der Waals surface area (Å²) in [5.41, 5.74) is 1.42. The minimum atomic E-state index is -0.223. The van der Waals surface area contributed by atoms with Crippen molar-refractivity contribution in [2.45, 2.75) is 40.2 Å². The van der Waals surface area contributed by atoms with Crippen molar-refractivity contribution in [3.63, 3.8) is 0 Å². The lowest BCUT2D eigenvalue weighted by molar-refractivity contribution is -0.121. The Bertz CT molecular complexity index is 388. The first-order valence-electron chi connectivity index (χ1n) is 6.00. The third-order valence-corrected chi connectivity index (χ3v) is 2.67. The number of hydrogen-bond donors (Lipinski definition) is 1. The maximum absolute atomic E-state index is 13.2. The largest absolute Gasteiger partial charge is 0.352 e. The fourth-order valence-electron chi connectivity index (χ4n) is 1.46. The Morgan fingerprint density at radius 1 is 1.41 bits per heavy atom. The summed E-state index contributed by atoms with van der Waals surface area (Å²) in [7, 11) is 0. The van der Waals surface area contributed by atoms with E-state index in [9.17, 15) is 9.18 Å². The highest BCUT2D eigenvalue weighted by molar-refractivity contribution is 5.75. The summed E-state index contributed by atoms with van der Waals surface area (Å²) in [6, 6.07) is 5.03. The highest BCUT2D eigenvalue weighted by Gasteiger charge is 2.04. The van der Waals surface area contributed by atoms with Crippen molar-refractivity contribution >= 4 is 5.91 Å². The van der Waals surface area contributed by atoms with Gasteiger partial charge in [-0.3, -0.25) is 4.79 Å². The molecule has 3 heteroatoms. The lowest BCUT2D eigenvalue weighted by Gasteiger charge is -2.07. The van der Waals surface area contributed by atoms with Crippen molar-refractivity contribution in [3.05, 3.63) is 35.1 Å². The van der Waals surface area contributed by atoms with Crippen LogP contribution in [0.25, 0.3) is 0 Å². The second kappa shape index (κ2) is 6.38. The Labute approximate surface area is 102 Å². The van der Waals surface area contributed by atoms with Crippen LogP contribution in [0.3, 0.4) is 0 Å². The van der Waals surface area contributed by atoms with E-state index >= 15 is 0 Å². The zero-order chi connectivity index (χ0) is 12.8. The van der Waals surface area contributed by atoms with Crippen LogP contribution >= 0.6 is 0 Å². The monoisotopic (exact) mass is 237 g/mol. The standard InChI is InChI=1S/C14H20FNO/c1-10(2)4-7-14(17)16-9-12-6-5-11(3)13(15)8-12/h5-6,8,10H,4,7,9H2,1-3H3,(H,16,17). The minimum Gasteiger partial charge on any atom is -0.352 e. The molecular weight excluding hydrogens is 217 g/mol. The van der Waals surface area contributed by atoms with Gasteiger partial charge >= 0.3 is 0 Å². The lowest BCUT2D eigenvalue weighted by Crippen LogP contribution is -2.22. The molecule has 0 unspecified atom stereocenters. The van der Waals surface area contributed by atoms with Gasteiger partial charge in [0, 0.05) is 13.0 Å². The lowest BCUT2D eigenvalue weighted by atomic mass is 10.1. The smallest absolute Gasteiger partial charge is 0.220 e. The van der Waals surface area contributed by atoms with Crippen molar-refractivity contribution in [2.24, 2.45) is 5.92 Å². The molecule has 1 rings (SSSR count). The Hall–Kier alpha value is -1.38. The summed E-state index contributed by atoms with van der Waals surface area (Å²) >= 11 is 0. The van der Waals surface area contributed by atoms with Gasteiger partial charge in [0.25, 0.3) is 0 Å². The SMILES string of the molecule is Cc1ccc(CNC(=O)CCC(C)C)cc1F. The van der Waals surface area contributed by atoms with Crippen LogP contribution in [0.1, 0.15) is 37.8 Å². The molecule has 0 saturated carbocycles. The zero-order valence-corrected chi connectivity index (χ0v) is 10.7. The molecule has 0 aromatic heterocycles. The molecule has 0 spiro atoms. The molecule has 1 N–H and O–H groups in total. The van der Waals surface area contributed by atoms with E-state index in [1.807, 2.05) is 6.07 Å². The topological polar surface area (TPSA) is 29.1 Å². The number of hydrogen-bond acceptors (Lipinski definition) is 1. The molecule has 1 aromatic rings. The normalized spacial score (nSPS) is 10.6. The van der Waals surface area contributed by atoms with Crippen molar-refractivity contribution < 1.29 is 9.18 Å². The number of amides is 1. The van der Waals surface area contributed by atoms with Crippen LogP contribution in [0.2, 0.25) is 0 Å². The third kappa shape index (κ3) is 4.98. The summed E-state index contributed by atoms with van der Waals surface area (Å²) in [5.74, 6) is 0.330.